The van der Waals surface area contributed by atoms with Crippen LogP contribution in [0.15, 0.2) is 0 Å². The normalized spacial score (nSPS) is 25.0. The highest BCUT2D eigenvalue weighted by Crippen LogP contribution is 2.10. The molecule has 0 aromatic heterocycles. The van der Waals surface area contributed by atoms with Gasteiger partial charge < -0.3 is 14.4 Å². The first kappa shape index (κ1) is 17.6. The van der Waals surface area contributed by atoms with Crippen molar-refractivity contribution in [3.05, 3.63) is 0 Å². The lowest BCUT2D eigenvalue weighted by molar-refractivity contribution is -0.149. The number of nitrogens with zero attached hydrogens (tertiary/aromatic N) is 2. The van der Waals surface area contributed by atoms with E-state index in [0.29, 0.717) is 45.3 Å². The molecule has 1 atom stereocenters. The summed E-state index contributed by atoms with van der Waals surface area (Å²) in [4.78, 5) is 13.5. The molecule has 0 aromatic rings. The van der Waals surface area contributed by atoms with Gasteiger partial charge in [-0.3, -0.25) is 4.79 Å². The third kappa shape index (κ3) is 4.88. The van der Waals surface area contributed by atoms with E-state index in [1.807, 2.05) is 13.8 Å². The molecule has 0 spiro atoms. The Morgan fingerprint density at radius 3 is 2.64 bits per heavy atom. The summed E-state index contributed by atoms with van der Waals surface area (Å²) in [6, 6.07) is 0. The van der Waals surface area contributed by atoms with Crippen LogP contribution in [0.1, 0.15) is 13.8 Å². The lowest BCUT2D eigenvalue weighted by Crippen LogP contribution is -2.53. The number of amides is 1. The van der Waals surface area contributed by atoms with Crippen molar-refractivity contribution in [3.8, 4) is 0 Å². The van der Waals surface area contributed by atoms with Gasteiger partial charge in [0.05, 0.1) is 19.3 Å². The van der Waals surface area contributed by atoms with Crippen molar-refractivity contribution in [2.24, 2.45) is 5.92 Å². The quantitative estimate of drug-likeness (QED) is 0.675. The maximum absolute atomic E-state index is 12.2. The number of nitrogens with one attached hydrogen (secondary N) is 1. The van der Waals surface area contributed by atoms with Crippen molar-refractivity contribution in [3.63, 3.8) is 0 Å². The zero-order chi connectivity index (χ0) is 16.2. The van der Waals surface area contributed by atoms with Gasteiger partial charge in [-0.05, 0) is 5.92 Å². The van der Waals surface area contributed by atoms with Crippen LogP contribution >= 0.6 is 0 Å². The third-order valence-corrected chi connectivity index (χ3v) is 5.18. The summed E-state index contributed by atoms with van der Waals surface area (Å²) in [7, 11) is -3.52. The van der Waals surface area contributed by atoms with Crippen LogP contribution < -0.4 is 4.72 Å². The zero-order valence-corrected chi connectivity index (χ0v) is 14.0. The molecule has 0 bridgehead atoms. The second kappa shape index (κ2) is 7.69. The van der Waals surface area contributed by atoms with E-state index in [-0.39, 0.29) is 25.2 Å². The van der Waals surface area contributed by atoms with Crippen LogP contribution in [0.3, 0.4) is 0 Å². The largest absolute Gasteiger partial charge is 0.379 e. The van der Waals surface area contributed by atoms with Crippen molar-refractivity contribution in [2.75, 3.05) is 52.5 Å². The number of morpholine rings is 2. The van der Waals surface area contributed by atoms with Gasteiger partial charge in [0, 0.05) is 32.7 Å². The van der Waals surface area contributed by atoms with Gasteiger partial charge in [-0.15, -0.1) is 0 Å². The monoisotopic (exact) mass is 335 g/mol. The number of hydrogen-bond donors (Lipinski definition) is 1. The highest BCUT2D eigenvalue weighted by Gasteiger charge is 2.29. The fourth-order valence-electron chi connectivity index (χ4n) is 2.50. The first-order valence-corrected chi connectivity index (χ1v) is 9.04. The van der Waals surface area contributed by atoms with Crippen molar-refractivity contribution < 1.29 is 22.7 Å². The second-order valence-corrected chi connectivity index (χ2v) is 7.75. The third-order valence-electron chi connectivity index (χ3n) is 3.61. The van der Waals surface area contributed by atoms with Crippen LogP contribution in [0.2, 0.25) is 0 Å². The highest BCUT2D eigenvalue weighted by atomic mass is 32.2. The predicted molar refractivity (Wildman–Crippen MR) is 80.5 cm³/mol. The van der Waals surface area contributed by atoms with E-state index in [0.717, 1.165) is 0 Å². The van der Waals surface area contributed by atoms with Crippen LogP contribution in [0, 0.1) is 5.92 Å². The van der Waals surface area contributed by atoms with Gasteiger partial charge in [-0.25, -0.2) is 0 Å². The zero-order valence-electron chi connectivity index (χ0n) is 13.2. The summed E-state index contributed by atoms with van der Waals surface area (Å²) in [6.45, 7) is 6.89. The van der Waals surface area contributed by atoms with Crippen molar-refractivity contribution in [1.29, 1.82) is 0 Å². The molecule has 1 amide bonds. The van der Waals surface area contributed by atoms with Crippen LogP contribution in [0.5, 0.6) is 0 Å². The Labute approximate surface area is 131 Å². The van der Waals surface area contributed by atoms with E-state index >= 15 is 0 Å². The Kier molecular flexibility index (Phi) is 6.16. The second-order valence-electron chi connectivity index (χ2n) is 5.99. The maximum atomic E-state index is 12.2. The van der Waals surface area contributed by atoms with Crippen molar-refractivity contribution in [2.45, 2.75) is 20.0 Å². The minimum absolute atomic E-state index is 0.0106. The first-order chi connectivity index (χ1) is 10.4. The van der Waals surface area contributed by atoms with Gasteiger partial charge in [0.25, 0.3) is 10.2 Å². The summed E-state index contributed by atoms with van der Waals surface area (Å²) in [5, 5.41) is 0. The lowest BCUT2D eigenvalue weighted by atomic mass is 10.2. The standard InChI is InChI=1S/C13H25N3O5S/c1-11(2)8-15-9-12(21-10-13(15)17)7-14-22(18,19)16-3-5-20-6-4-16/h11-12,14H,3-10H2,1-2H3. The number of carbonyl (C=O) groups excluding carboxylic acids is 1. The summed E-state index contributed by atoms with van der Waals surface area (Å²) in [5.74, 6) is 0.328. The van der Waals surface area contributed by atoms with Gasteiger partial charge in [0.1, 0.15) is 6.61 Å². The van der Waals surface area contributed by atoms with E-state index in [1.54, 1.807) is 4.90 Å². The van der Waals surface area contributed by atoms with E-state index in [1.165, 1.54) is 4.31 Å². The molecule has 2 aliphatic rings. The smallest absolute Gasteiger partial charge is 0.279 e. The first-order valence-electron chi connectivity index (χ1n) is 7.60. The van der Waals surface area contributed by atoms with Crippen molar-refractivity contribution in [1.82, 2.24) is 13.9 Å². The number of rotatable bonds is 6. The Morgan fingerprint density at radius 1 is 1.32 bits per heavy atom. The van der Waals surface area contributed by atoms with Gasteiger partial charge in [0.15, 0.2) is 0 Å². The average molecular weight is 335 g/mol. The minimum atomic E-state index is -3.52. The average Bonchev–Trinajstić information content (AvgIpc) is 2.48. The molecular formula is C13H25N3O5S. The Bertz CT molecular complexity index is 476. The Balaban J connectivity index is 1.84. The van der Waals surface area contributed by atoms with Crippen molar-refractivity contribution >= 4 is 16.1 Å². The van der Waals surface area contributed by atoms with E-state index in [4.69, 9.17) is 9.47 Å². The molecule has 2 aliphatic heterocycles. The summed E-state index contributed by atoms with van der Waals surface area (Å²) in [6.07, 6.45) is -0.313. The highest BCUT2D eigenvalue weighted by molar-refractivity contribution is 7.87. The number of hydrogen-bond acceptors (Lipinski definition) is 5. The van der Waals surface area contributed by atoms with Gasteiger partial charge >= 0.3 is 0 Å². The molecule has 2 heterocycles. The van der Waals surface area contributed by atoms with E-state index in [2.05, 4.69) is 4.72 Å². The summed E-state index contributed by atoms with van der Waals surface area (Å²) in [5.41, 5.74) is 0. The molecule has 8 nitrogen and oxygen atoms in total. The molecule has 2 rings (SSSR count). The SMILES string of the molecule is CC(C)CN1CC(CNS(=O)(=O)N2CCOCC2)OCC1=O. The molecule has 9 heteroatoms. The van der Waals surface area contributed by atoms with Crippen LogP contribution in [-0.2, 0) is 24.5 Å². The number of ether oxygens (including phenoxy) is 2. The molecule has 0 aromatic carbocycles. The molecular weight excluding hydrogens is 310 g/mol. The van der Waals surface area contributed by atoms with Gasteiger partial charge in [-0.2, -0.15) is 17.4 Å². The predicted octanol–water partition coefficient (Wildman–Crippen LogP) is -0.964. The van der Waals surface area contributed by atoms with Crippen LogP contribution in [0.25, 0.3) is 0 Å². The molecule has 22 heavy (non-hydrogen) atoms. The molecule has 0 saturated carbocycles. The van der Waals surface area contributed by atoms with E-state index in [9.17, 15) is 13.2 Å². The Hall–Kier alpha value is -0.740. The van der Waals surface area contributed by atoms with Crippen LogP contribution in [-0.4, -0.2) is 82.2 Å². The topological polar surface area (TPSA) is 88.2 Å². The fraction of sp³-hybridized carbons (Fsp3) is 0.923. The molecule has 0 radical (unpaired) electrons. The maximum Gasteiger partial charge on any atom is 0.279 e. The molecule has 1 N–H and O–H groups in total. The van der Waals surface area contributed by atoms with Gasteiger partial charge in [-0.1, -0.05) is 13.8 Å². The minimum Gasteiger partial charge on any atom is -0.379 e. The summed E-state index contributed by atoms with van der Waals surface area (Å²) < 4.78 is 38.9. The lowest BCUT2D eigenvalue weighted by Gasteiger charge is -2.34. The van der Waals surface area contributed by atoms with Gasteiger partial charge in [0.2, 0.25) is 5.91 Å². The Morgan fingerprint density at radius 2 is 2.00 bits per heavy atom. The molecule has 0 aliphatic carbocycles. The molecule has 1 unspecified atom stereocenters. The molecule has 128 valence electrons. The fourth-order valence-corrected chi connectivity index (χ4v) is 3.71. The number of carbonyl (C=O) groups is 1. The summed E-state index contributed by atoms with van der Waals surface area (Å²) >= 11 is 0. The molecule has 2 fully saturated rings. The van der Waals surface area contributed by atoms with E-state index < -0.39 is 10.2 Å². The van der Waals surface area contributed by atoms with Crippen LogP contribution in [0.4, 0.5) is 0 Å². The molecule has 2 saturated heterocycles.